The molecule has 8 heteroatoms. The molecule has 31 heavy (non-hydrogen) atoms. The van der Waals surface area contributed by atoms with Crippen molar-refractivity contribution in [3.05, 3.63) is 86.8 Å². The second-order valence-corrected chi connectivity index (χ2v) is 10.4. The van der Waals surface area contributed by atoms with Crippen molar-refractivity contribution in [1.82, 2.24) is 0 Å². The number of carbonyl (C=O) groups excluding carboxylic acids is 1. The third-order valence-corrected chi connectivity index (χ3v) is 7.87. The number of hydrogen-bond donors (Lipinski definition) is 1. The van der Waals surface area contributed by atoms with Gasteiger partial charge >= 0.3 is 0 Å². The van der Waals surface area contributed by atoms with Crippen LogP contribution in [-0.2, 0) is 14.8 Å². The van der Waals surface area contributed by atoms with Crippen LogP contribution in [-0.4, -0.2) is 20.9 Å². The fourth-order valence-electron chi connectivity index (χ4n) is 2.94. The van der Waals surface area contributed by atoms with Crippen molar-refractivity contribution in [2.24, 2.45) is 0 Å². The number of nitrogens with one attached hydrogen (secondary N) is 1. The summed E-state index contributed by atoms with van der Waals surface area (Å²) in [6.07, 6.45) is 0. The van der Waals surface area contributed by atoms with Crippen LogP contribution in [0, 0.1) is 20.8 Å². The lowest BCUT2D eigenvalue weighted by molar-refractivity contribution is -0.114. The highest BCUT2D eigenvalue weighted by Crippen LogP contribution is 2.28. The van der Waals surface area contributed by atoms with Crippen LogP contribution in [0.15, 0.2) is 70.0 Å². The van der Waals surface area contributed by atoms with E-state index in [0.717, 1.165) is 25.5 Å². The summed E-state index contributed by atoms with van der Waals surface area (Å²) in [7, 11) is -4.00. The van der Waals surface area contributed by atoms with E-state index in [1.165, 1.54) is 12.1 Å². The van der Waals surface area contributed by atoms with Gasteiger partial charge in [0.25, 0.3) is 10.0 Å². The summed E-state index contributed by atoms with van der Waals surface area (Å²) in [6.45, 7) is 5.21. The molecule has 0 aliphatic heterocycles. The minimum atomic E-state index is -4.00. The number of nitrogens with zero attached hydrogens (tertiary/aromatic N) is 1. The maximum absolute atomic E-state index is 13.4. The lowest BCUT2D eigenvalue weighted by Crippen LogP contribution is -2.38. The molecule has 0 radical (unpaired) electrons. The smallest absolute Gasteiger partial charge is 0.264 e. The quantitative estimate of drug-likeness (QED) is 0.442. The molecule has 0 unspecified atom stereocenters. The maximum Gasteiger partial charge on any atom is 0.264 e. The van der Waals surface area contributed by atoms with E-state index in [-0.39, 0.29) is 4.90 Å². The first-order valence-corrected chi connectivity index (χ1v) is 12.1. The Hall–Kier alpha value is -2.35. The van der Waals surface area contributed by atoms with Gasteiger partial charge in [-0.3, -0.25) is 9.10 Å². The van der Waals surface area contributed by atoms with E-state index in [9.17, 15) is 13.2 Å². The van der Waals surface area contributed by atoms with E-state index in [1.54, 1.807) is 36.4 Å². The summed E-state index contributed by atoms with van der Waals surface area (Å²) >= 11 is 9.67. The summed E-state index contributed by atoms with van der Waals surface area (Å²) in [6, 6.07) is 16.8. The summed E-state index contributed by atoms with van der Waals surface area (Å²) in [4.78, 5) is 12.9. The molecule has 0 saturated heterocycles. The minimum Gasteiger partial charge on any atom is -0.325 e. The summed E-state index contributed by atoms with van der Waals surface area (Å²) in [5, 5.41) is 3.19. The number of carbonyl (C=O) groups is 1. The molecule has 0 aliphatic rings. The Morgan fingerprint density at radius 2 is 1.65 bits per heavy atom. The molecule has 0 atom stereocenters. The molecule has 1 N–H and O–H groups in total. The highest BCUT2D eigenvalue weighted by atomic mass is 79.9. The number of anilines is 2. The Kier molecular flexibility index (Phi) is 7.09. The van der Waals surface area contributed by atoms with Crippen molar-refractivity contribution < 1.29 is 13.2 Å². The average molecular weight is 522 g/mol. The van der Waals surface area contributed by atoms with Crippen LogP contribution in [0.4, 0.5) is 11.4 Å². The molecular formula is C23H22BrClN2O3S. The molecule has 0 bridgehead atoms. The van der Waals surface area contributed by atoms with Gasteiger partial charge in [-0.2, -0.15) is 0 Å². The fourth-order valence-corrected chi connectivity index (χ4v) is 4.78. The van der Waals surface area contributed by atoms with Gasteiger partial charge in [0.15, 0.2) is 0 Å². The van der Waals surface area contributed by atoms with Gasteiger partial charge < -0.3 is 5.32 Å². The van der Waals surface area contributed by atoms with Crippen molar-refractivity contribution >= 4 is 54.8 Å². The number of aryl methyl sites for hydroxylation is 3. The van der Waals surface area contributed by atoms with Crippen LogP contribution in [0.25, 0.3) is 0 Å². The van der Waals surface area contributed by atoms with Gasteiger partial charge in [-0.1, -0.05) is 51.3 Å². The molecule has 0 heterocycles. The van der Waals surface area contributed by atoms with E-state index < -0.39 is 22.5 Å². The first-order chi connectivity index (χ1) is 14.6. The van der Waals surface area contributed by atoms with Gasteiger partial charge in [-0.25, -0.2) is 8.42 Å². The zero-order valence-corrected chi connectivity index (χ0v) is 20.5. The Balaban J connectivity index is 1.97. The number of rotatable bonds is 6. The normalized spacial score (nSPS) is 11.3. The van der Waals surface area contributed by atoms with E-state index >= 15 is 0 Å². The van der Waals surface area contributed by atoms with Crippen LogP contribution < -0.4 is 9.62 Å². The SMILES string of the molecule is Cc1ccc(S(=O)(=O)N(CC(=O)Nc2ccc(Br)c(C)c2)c2ccc(C)c(Cl)c2)cc1. The van der Waals surface area contributed by atoms with Crippen molar-refractivity contribution in [3.63, 3.8) is 0 Å². The van der Waals surface area contributed by atoms with Crippen LogP contribution >= 0.6 is 27.5 Å². The van der Waals surface area contributed by atoms with Gasteiger partial charge in [-0.05, 0) is 74.4 Å². The molecule has 162 valence electrons. The molecular weight excluding hydrogens is 500 g/mol. The molecule has 0 spiro atoms. The van der Waals surface area contributed by atoms with Crippen LogP contribution in [0.3, 0.4) is 0 Å². The van der Waals surface area contributed by atoms with E-state index in [4.69, 9.17) is 11.6 Å². The van der Waals surface area contributed by atoms with Crippen molar-refractivity contribution in [3.8, 4) is 0 Å². The Morgan fingerprint density at radius 3 is 2.26 bits per heavy atom. The average Bonchev–Trinajstić information content (AvgIpc) is 2.71. The van der Waals surface area contributed by atoms with Gasteiger partial charge in [0.2, 0.25) is 5.91 Å². The van der Waals surface area contributed by atoms with Crippen LogP contribution in [0.2, 0.25) is 5.02 Å². The predicted octanol–water partition coefficient (Wildman–Crippen LogP) is 5.86. The summed E-state index contributed by atoms with van der Waals surface area (Å²) in [5.74, 6) is -0.464. The molecule has 0 aliphatic carbocycles. The van der Waals surface area contributed by atoms with Gasteiger partial charge in [-0.15, -0.1) is 0 Å². The highest BCUT2D eigenvalue weighted by molar-refractivity contribution is 9.10. The summed E-state index contributed by atoms with van der Waals surface area (Å²) < 4.78 is 28.8. The number of sulfonamides is 1. The van der Waals surface area contributed by atoms with Crippen molar-refractivity contribution in [2.75, 3.05) is 16.2 Å². The number of benzene rings is 3. The molecule has 0 aromatic heterocycles. The molecule has 3 aromatic rings. The Bertz CT molecular complexity index is 1230. The highest BCUT2D eigenvalue weighted by Gasteiger charge is 2.27. The molecule has 3 rings (SSSR count). The zero-order chi connectivity index (χ0) is 22.8. The van der Waals surface area contributed by atoms with E-state index in [2.05, 4.69) is 21.2 Å². The lowest BCUT2D eigenvalue weighted by Gasteiger charge is -2.24. The lowest BCUT2D eigenvalue weighted by atomic mass is 10.2. The largest absolute Gasteiger partial charge is 0.325 e. The zero-order valence-electron chi connectivity index (χ0n) is 17.3. The first-order valence-electron chi connectivity index (χ1n) is 9.49. The second kappa shape index (κ2) is 9.42. The standard InChI is InChI=1S/C23H22BrClN2O3S/c1-15-4-9-20(10-5-15)31(29,30)27(19-8-6-16(2)22(25)13-19)14-23(28)26-18-7-11-21(24)17(3)12-18/h4-13H,14H2,1-3H3,(H,26,28). The number of amides is 1. The van der Waals surface area contributed by atoms with Gasteiger partial charge in [0.1, 0.15) is 6.54 Å². The monoisotopic (exact) mass is 520 g/mol. The first kappa shape index (κ1) is 23.3. The molecule has 1 amide bonds. The molecule has 0 fully saturated rings. The predicted molar refractivity (Wildman–Crippen MR) is 129 cm³/mol. The number of halogens is 2. The minimum absolute atomic E-state index is 0.0992. The van der Waals surface area contributed by atoms with Crippen LogP contribution in [0.1, 0.15) is 16.7 Å². The summed E-state index contributed by atoms with van der Waals surface area (Å²) in [5.41, 5.74) is 3.60. The maximum atomic E-state index is 13.4. The third kappa shape index (κ3) is 5.47. The number of hydrogen-bond acceptors (Lipinski definition) is 3. The fraction of sp³-hybridized carbons (Fsp3) is 0.174. The Labute approximate surface area is 196 Å². The molecule has 5 nitrogen and oxygen atoms in total. The van der Waals surface area contributed by atoms with E-state index in [0.29, 0.717) is 16.4 Å². The van der Waals surface area contributed by atoms with Gasteiger partial charge in [0, 0.05) is 15.2 Å². The molecule has 0 saturated carbocycles. The van der Waals surface area contributed by atoms with Crippen molar-refractivity contribution in [2.45, 2.75) is 25.7 Å². The third-order valence-electron chi connectivity index (χ3n) is 4.78. The Morgan fingerprint density at radius 1 is 0.968 bits per heavy atom. The second-order valence-electron chi connectivity index (χ2n) is 7.27. The van der Waals surface area contributed by atoms with Crippen molar-refractivity contribution in [1.29, 1.82) is 0 Å². The van der Waals surface area contributed by atoms with Gasteiger partial charge in [0.05, 0.1) is 10.6 Å². The topological polar surface area (TPSA) is 66.5 Å². The van der Waals surface area contributed by atoms with E-state index in [1.807, 2.05) is 32.9 Å². The van der Waals surface area contributed by atoms with Crippen LogP contribution in [0.5, 0.6) is 0 Å². The molecule has 3 aromatic carbocycles.